The van der Waals surface area contributed by atoms with Gasteiger partial charge >= 0.3 is 0 Å². The maximum atomic E-state index is 13.6. The quantitative estimate of drug-likeness (QED) is 0.630. The summed E-state index contributed by atoms with van der Waals surface area (Å²) in [7, 11) is 0. The Morgan fingerprint density at radius 2 is 1.80 bits per heavy atom. The van der Waals surface area contributed by atoms with E-state index >= 15 is 0 Å². The average molecular weight is 376 g/mol. The fourth-order valence-electron chi connectivity index (χ4n) is 2.10. The molecule has 2 N–H and O–H groups in total. The van der Waals surface area contributed by atoms with Gasteiger partial charge in [0.05, 0.1) is 28.3 Å². The van der Waals surface area contributed by atoms with E-state index < -0.39 is 11.7 Å². The topological polar surface area (TPSA) is 54.0 Å². The van der Waals surface area contributed by atoms with Gasteiger partial charge in [-0.05, 0) is 42.5 Å². The van der Waals surface area contributed by atoms with E-state index in [9.17, 15) is 9.18 Å². The molecule has 0 aliphatic carbocycles. The largest absolute Gasteiger partial charge is 0.353 e. The number of para-hydroxylation sites is 1. The minimum absolute atomic E-state index is 0.0993. The van der Waals surface area contributed by atoms with Crippen molar-refractivity contribution in [2.45, 2.75) is 0 Å². The third-order valence-corrected chi connectivity index (χ3v) is 3.89. The van der Waals surface area contributed by atoms with E-state index in [0.717, 1.165) is 0 Å². The number of aromatic nitrogens is 1. The monoisotopic (exact) mass is 375 g/mol. The minimum atomic E-state index is -0.510. The summed E-state index contributed by atoms with van der Waals surface area (Å²) in [5, 5.41) is 6.59. The molecule has 0 aliphatic rings. The summed E-state index contributed by atoms with van der Waals surface area (Å²) in [6.45, 7) is 0. The highest BCUT2D eigenvalue weighted by atomic mass is 35.5. The molecule has 25 heavy (non-hydrogen) atoms. The zero-order chi connectivity index (χ0) is 17.8. The number of hydrogen-bond donors (Lipinski definition) is 2. The summed E-state index contributed by atoms with van der Waals surface area (Å²) in [5.41, 5.74) is 1.51. The van der Waals surface area contributed by atoms with Gasteiger partial charge in [-0.2, -0.15) is 0 Å². The second-order valence-corrected chi connectivity index (χ2v) is 5.96. The van der Waals surface area contributed by atoms with Gasteiger partial charge < -0.3 is 10.6 Å². The van der Waals surface area contributed by atoms with Crippen LogP contribution < -0.4 is 10.6 Å². The summed E-state index contributed by atoms with van der Waals surface area (Å²) in [4.78, 5) is 16.2. The first kappa shape index (κ1) is 17.2. The minimum Gasteiger partial charge on any atom is -0.353 e. The number of anilines is 3. The summed E-state index contributed by atoms with van der Waals surface area (Å²) in [6.07, 6.45) is 1.48. The lowest BCUT2D eigenvalue weighted by Gasteiger charge is -2.09. The first-order chi connectivity index (χ1) is 12.0. The van der Waals surface area contributed by atoms with Crippen LogP contribution in [0.15, 0.2) is 60.8 Å². The Balaban J connectivity index is 1.72. The molecule has 0 fully saturated rings. The van der Waals surface area contributed by atoms with Crippen LogP contribution in [0.1, 0.15) is 10.5 Å². The van der Waals surface area contributed by atoms with Crippen molar-refractivity contribution in [3.8, 4) is 0 Å². The molecule has 1 aromatic heterocycles. The highest BCUT2D eigenvalue weighted by Crippen LogP contribution is 2.28. The summed E-state index contributed by atoms with van der Waals surface area (Å²) < 4.78 is 13.6. The molecular weight excluding hydrogens is 364 g/mol. The second kappa shape index (κ2) is 7.51. The molecule has 0 unspecified atom stereocenters. The number of rotatable bonds is 4. The van der Waals surface area contributed by atoms with Crippen LogP contribution in [0.2, 0.25) is 10.0 Å². The van der Waals surface area contributed by atoms with E-state index in [1.54, 1.807) is 36.4 Å². The number of carbonyl (C=O) groups excluding carboxylic acids is 1. The summed E-state index contributed by atoms with van der Waals surface area (Å²) in [6, 6.07) is 14.2. The van der Waals surface area contributed by atoms with Crippen LogP contribution in [0.4, 0.5) is 21.5 Å². The van der Waals surface area contributed by atoms with Crippen molar-refractivity contribution >= 4 is 46.2 Å². The van der Waals surface area contributed by atoms with Crippen molar-refractivity contribution in [2.75, 3.05) is 10.6 Å². The maximum Gasteiger partial charge on any atom is 0.274 e. The zero-order valence-corrected chi connectivity index (χ0v) is 14.3. The molecule has 0 saturated heterocycles. The van der Waals surface area contributed by atoms with Crippen molar-refractivity contribution < 1.29 is 9.18 Å². The smallest absolute Gasteiger partial charge is 0.274 e. The lowest BCUT2D eigenvalue weighted by Crippen LogP contribution is -2.14. The first-order valence-electron chi connectivity index (χ1n) is 7.27. The molecule has 126 valence electrons. The van der Waals surface area contributed by atoms with Gasteiger partial charge in [0, 0.05) is 5.02 Å². The molecule has 0 aliphatic heterocycles. The van der Waals surface area contributed by atoms with Crippen LogP contribution in [-0.4, -0.2) is 10.9 Å². The van der Waals surface area contributed by atoms with E-state index in [2.05, 4.69) is 15.6 Å². The number of hydrogen-bond acceptors (Lipinski definition) is 3. The predicted octanol–water partition coefficient (Wildman–Crippen LogP) is 5.52. The van der Waals surface area contributed by atoms with Crippen LogP contribution in [-0.2, 0) is 0 Å². The van der Waals surface area contributed by atoms with Crippen LogP contribution >= 0.6 is 23.2 Å². The molecule has 2 aromatic carbocycles. The Hall–Kier alpha value is -2.63. The van der Waals surface area contributed by atoms with Crippen molar-refractivity contribution in [3.63, 3.8) is 0 Å². The Morgan fingerprint density at radius 1 is 1.00 bits per heavy atom. The molecular formula is C18H12Cl2FN3O. The van der Waals surface area contributed by atoms with E-state index in [-0.39, 0.29) is 11.4 Å². The summed E-state index contributed by atoms with van der Waals surface area (Å²) >= 11 is 12.0. The highest BCUT2D eigenvalue weighted by Gasteiger charge is 2.10. The molecule has 0 atom stereocenters. The van der Waals surface area contributed by atoms with E-state index in [1.807, 2.05) is 0 Å². The molecule has 0 bridgehead atoms. The second-order valence-electron chi connectivity index (χ2n) is 5.12. The molecule has 4 nitrogen and oxygen atoms in total. The number of nitrogens with one attached hydrogen (secondary N) is 2. The maximum absolute atomic E-state index is 13.6. The average Bonchev–Trinajstić information content (AvgIpc) is 2.61. The molecule has 0 spiro atoms. The Morgan fingerprint density at radius 3 is 2.52 bits per heavy atom. The molecule has 1 amide bonds. The number of nitrogens with zero attached hydrogens (tertiary/aromatic N) is 1. The van der Waals surface area contributed by atoms with Gasteiger partial charge in [0.1, 0.15) is 11.5 Å². The third-order valence-electron chi connectivity index (χ3n) is 3.33. The lowest BCUT2D eigenvalue weighted by atomic mass is 10.2. The van der Waals surface area contributed by atoms with E-state index in [1.165, 1.54) is 24.4 Å². The van der Waals surface area contributed by atoms with Crippen LogP contribution in [0.5, 0.6) is 0 Å². The fourth-order valence-corrected chi connectivity index (χ4v) is 2.44. The van der Waals surface area contributed by atoms with Gasteiger partial charge in [-0.1, -0.05) is 35.3 Å². The molecule has 3 aromatic rings. The van der Waals surface area contributed by atoms with Gasteiger partial charge in [0.15, 0.2) is 0 Å². The molecule has 0 radical (unpaired) electrons. The third kappa shape index (κ3) is 4.26. The van der Waals surface area contributed by atoms with Crippen molar-refractivity contribution in [3.05, 3.63) is 82.4 Å². The number of amides is 1. The number of pyridine rings is 1. The zero-order valence-electron chi connectivity index (χ0n) is 12.8. The van der Waals surface area contributed by atoms with Crippen molar-refractivity contribution in [1.29, 1.82) is 0 Å². The highest BCUT2D eigenvalue weighted by molar-refractivity contribution is 6.35. The van der Waals surface area contributed by atoms with Gasteiger partial charge in [-0.15, -0.1) is 0 Å². The van der Waals surface area contributed by atoms with Gasteiger partial charge in [-0.3, -0.25) is 4.79 Å². The Kier molecular flexibility index (Phi) is 5.16. The SMILES string of the molecule is O=C(Nc1ccccc1F)c1ccc(Nc2cc(Cl)ccc2Cl)cn1. The standard InChI is InChI=1S/C18H12Cl2FN3O/c19-11-5-7-13(20)17(9-11)23-12-6-8-16(22-10-12)18(25)24-15-4-2-1-3-14(15)21/h1-10,23H,(H,24,25). The molecule has 7 heteroatoms. The van der Waals surface area contributed by atoms with Crippen molar-refractivity contribution in [1.82, 2.24) is 4.98 Å². The van der Waals surface area contributed by atoms with Gasteiger partial charge in [0.25, 0.3) is 5.91 Å². The molecule has 3 rings (SSSR count). The van der Waals surface area contributed by atoms with Crippen LogP contribution in [0, 0.1) is 5.82 Å². The van der Waals surface area contributed by atoms with E-state index in [4.69, 9.17) is 23.2 Å². The number of carbonyl (C=O) groups is 1. The molecule has 1 heterocycles. The molecule has 0 saturated carbocycles. The number of halogens is 3. The number of benzene rings is 2. The Labute approximate surface area is 153 Å². The van der Waals surface area contributed by atoms with E-state index in [0.29, 0.717) is 21.4 Å². The Bertz CT molecular complexity index is 916. The lowest BCUT2D eigenvalue weighted by molar-refractivity contribution is 0.102. The van der Waals surface area contributed by atoms with Gasteiger partial charge in [-0.25, -0.2) is 9.37 Å². The van der Waals surface area contributed by atoms with Crippen molar-refractivity contribution in [2.24, 2.45) is 0 Å². The van der Waals surface area contributed by atoms with Crippen LogP contribution in [0.3, 0.4) is 0 Å². The van der Waals surface area contributed by atoms with Gasteiger partial charge in [0.2, 0.25) is 0 Å². The summed E-state index contributed by atoms with van der Waals surface area (Å²) in [5.74, 6) is -1.01. The van der Waals surface area contributed by atoms with Crippen LogP contribution in [0.25, 0.3) is 0 Å². The predicted molar refractivity (Wildman–Crippen MR) is 98.3 cm³/mol. The first-order valence-corrected chi connectivity index (χ1v) is 8.02. The normalized spacial score (nSPS) is 10.4. The fraction of sp³-hybridized carbons (Fsp3) is 0.